The molecular weight excluding hydrogens is 446 g/mol. The van der Waals surface area contributed by atoms with Gasteiger partial charge in [-0.1, -0.05) is 48.0 Å². The van der Waals surface area contributed by atoms with Crippen LogP contribution in [0.1, 0.15) is 33.8 Å². The normalized spacial score (nSPS) is 23.9. The minimum atomic E-state index is -0.554. The Morgan fingerprint density at radius 1 is 0.941 bits per heavy atom. The molecule has 1 spiro atoms. The Bertz CT molecular complexity index is 1280. The summed E-state index contributed by atoms with van der Waals surface area (Å²) >= 11 is 6.10. The van der Waals surface area contributed by atoms with Crippen LogP contribution in [0.4, 0.5) is 11.4 Å². The maximum absolute atomic E-state index is 14.0. The lowest BCUT2D eigenvalue weighted by Crippen LogP contribution is -2.47. The van der Waals surface area contributed by atoms with Crippen LogP contribution in [-0.4, -0.2) is 54.8 Å². The van der Waals surface area contributed by atoms with E-state index in [1.807, 2.05) is 76.5 Å². The fraction of sp³-hybridized carbons (Fsp3) is 0.286. The fourth-order valence-corrected chi connectivity index (χ4v) is 5.72. The summed E-state index contributed by atoms with van der Waals surface area (Å²) in [5, 5.41) is 0.694. The van der Waals surface area contributed by atoms with Crippen molar-refractivity contribution in [1.82, 2.24) is 9.80 Å². The highest BCUT2D eigenvalue weighted by Crippen LogP contribution is 2.67. The van der Waals surface area contributed by atoms with Gasteiger partial charge in [0.2, 0.25) is 5.91 Å². The highest BCUT2D eigenvalue weighted by atomic mass is 35.5. The monoisotopic (exact) mass is 471 g/mol. The number of nitrogens with zero attached hydrogens (tertiary/aromatic N) is 3. The Hall–Kier alpha value is -3.15. The van der Waals surface area contributed by atoms with E-state index in [9.17, 15) is 9.59 Å². The summed E-state index contributed by atoms with van der Waals surface area (Å²) in [5.74, 6) is 0.228. The van der Waals surface area contributed by atoms with E-state index in [4.69, 9.17) is 11.6 Å². The zero-order valence-electron chi connectivity index (χ0n) is 19.1. The van der Waals surface area contributed by atoms with E-state index >= 15 is 0 Å². The number of hydrogen-bond donors (Lipinski definition) is 0. The number of hydrogen-bond acceptors (Lipinski definition) is 3. The van der Waals surface area contributed by atoms with E-state index in [1.54, 1.807) is 0 Å². The summed E-state index contributed by atoms with van der Waals surface area (Å²) in [6.07, 6.45) is 0.779. The Kier molecular flexibility index (Phi) is 5.01. The molecule has 34 heavy (non-hydrogen) atoms. The number of anilines is 2. The van der Waals surface area contributed by atoms with Crippen LogP contribution in [0.25, 0.3) is 0 Å². The van der Waals surface area contributed by atoms with E-state index in [0.29, 0.717) is 10.6 Å². The fourth-order valence-electron chi connectivity index (χ4n) is 5.59. The van der Waals surface area contributed by atoms with Crippen molar-refractivity contribution < 1.29 is 9.59 Å². The summed E-state index contributed by atoms with van der Waals surface area (Å²) < 4.78 is 0. The molecule has 2 atom stereocenters. The predicted molar refractivity (Wildman–Crippen MR) is 134 cm³/mol. The summed E-state index contributed by atoms with van der Waals surface area (Å²) in [7, 11) is 2.07. The number of carbonyl (C=O) groups excluding carboxylic acids is 2. The number of amides is 2. The number of fused-ring (bicyclic) bond motifs is 2. The molecule has 3 aromatic rings. The zero-order chi connectivity index (χ0) is 23.4. The Labute approximate surface area is 204 Å². The van der Waals surface area contributed by atoms with Gasteiger partial charge in [0.1, 0.15) is 0 Å². The molecule has 1 unspecified atom stereocenters. The molecular formula is C28H26ClN3O2. The molecule has 2 amide bonds. The third kappa shape index (κ3) is 3.26. The number of benzene rings is 3. The van der Waals surface area contributed by atoms with Crippen molar-refractivity contribution in [2.24, 2.45) is 0 Å². The van der Waals surface area contributed by atoms with Crippen LogP contribution in [0.15, 0.2) is 72.8 Å². The smallest absolute Gasteiger partial charge is 0.254 e. The van der Waals surface area contributed by atoms with E-state index < -0.39 is 5.41 Å². The molecule has 1 saturated carbocycles. The van der Waals surface area contributed by atoms with Gasteiger partial charge < -0.3 is 9.80 Å². The molecule has 6 rings (SSSR count). The molecule has 0 bridgehead atoms. The highest BCUT2D eigenvalue weighted by molar-refractivity contribution is 6.30. The lowest BCUT2D eigenvalue weighted by atomic mass is 9.92. The lowest BCUT2D eigenvalue weighted by molar-refractivity contribution is -0.119. The largest absolute Gasteiger partial charge is 0.336 e. The van der Waals surface area contributed by atoms with Gasteiger partial charge in [-0.2, -0.15) is 0 Å². The van der Waals surface area contributed by atoms with E-state index in [-0.39, 0.29) is 17.7 Å². The molecule has 3 aliphatic rings. The van der Waals surface area contributed by atoms with Gasteiger partial charge in [0.05, 0.1) is 11.1 Å². The molecule has 0 aromatic heterocycles. The van der Waals surface area contributed by atoms with Gasteiger partial charge in [-0.25, -0.2) is 0 Å². The molecule has 6 heteroatoms. The van der Waals surface area contributed by atoms with Gasteiger partial charge in [0, 0.05) is 48.4 Å². The first-order valence-electron chi connectivity index (χ1n) is 11.8. The average molecular weight is 472 g/mol. The van der Waals surface area contributed by atoms with Crippen molar-refractivity contribution >= 4 is 34.8 Å². The predicted octanol–water partition coefficient (Wildman–Crippen LogP) is 4.83. The molecule has 2 aliphatic heterocycles. The summed E-state index contributed by atoms with van der Waals surface area (Å²) in [4.78, 5) is 33.2. The SMILES string of the molecule is CN1CCN(C(=O)c2cccc(N3C(=O)[C@]4(CC4c4ccc(Cl)cc4)c4ccccc43)c2)CC1. The Morgan fingerprint density at radius 3 is 2.44 bits per heavy atom. The van der Waals surface area contributed by atoms with E-state index in [0.717, 1.165) is 55.1 Å². The lowest BCUT2D eigenvalue weighted by Gasteiger charge is -2.32. The zero-order valence-corrected chi connectivity index (χ0v) is 19.8. The van der Waals surface area contributed by atoms with Crippen LogP contribution >= 0.6 is 11.6 Å². The van der Waals surface area contributed by atoms with Crippen LogP contribution < -0.4 is 4.90 Å². The molecule has 0 N–H and O–H groups in total. The second-order valence-electron chi connectivity index (χ2n) is 9.58. The molecule has 1 saturated heterocycles. The van der Waals surface area contributed by atoms with Crippen LogP contribution in [0.3, 0.4) is 0 Å². The molecule has 5 nitrogen and oxygen atoms in total. The van der Waals surface area contributed by atoms with Gasteiger partial charge >= 0.3 is 0 Å². The summed E-state index contributed by atoms with van der Waals surface area (Å²) in [5.41, 5.74) is 3.92. The number of likely N-dealkylation sites (N-methyl/N-ethyl adjacent to an activating group) is 1. The Morgan fingerprint density at radius 2 is 1.68 bits per heavy atom. The topological polar surface area (TPSA) is 43.9 Å². The second kappa shape index (κ2) is 7.97. The van der Waals surface area contributed by atoms with Gasteiger partial charge in [-0.3, -0.25) is 14.5 Å². The van der Waals surface area contributed by atoms with Crippen LogP contribution in [0, 0.1) is 0 Å². The van der Waals surface area contributed by atoms with Crippen LogP contribution in [-0.2, 0) is 10.2 Å². The first kappa shape index (κ1) is 21.4. The number of rotatable bonds is 3. The maximum atomic E-state index is 14.0. The van der Waals surface area contributed by atoms with Crippen molar-refractivity contribution in [3.63, 3.8) is 0 Å². The minimum Gasteiger partial charge on any atom is -0.336 e. The van der Waals surface area contributed by atoms with Gasteiger partial charge in [0.25, 0.3) is 5.91 Å². The molecule has 3 aromatic carbocycles. The number of halogens is 1. The van der Waals surface area contributed by atoms with Crippen molar-refractivity contribution in [3.05, 3.63) is 94.5 Å². The van der Waals surface area contributed by atoms with Crippen molar-refractivity contribution in [3.8, 4) is 0 Å². The average Bonchev–Trinajstić information content (AvgIpc) is 3.56. The third-order valence-electron chi connectivity index (χ3n) is 7.59. The molecule has 1 aliphatic carbocycles. The van der Waals surface area contributed by atoms with Gasteiger partial charge in [0.15, 0.2) is 0 Å². The first-order valence-corrected chi connectivity index (χ1v) is 12.1. The van der Waals surface area contributed by atoms with Crippen molar-refractivity contribution in [2.75, 3.05) is 38.1 Å². The van der Waals surface area contributed by atoms with E-state index in [1.165, 1.54) is 0 Å². The third-order valence-corrected chi connectivity index (χ3v) is 7.84. The summed E-state index contributed by atoms with van der Waals surface area (Å²) in [6, 6.07) is 23.4. The summed E-state index contributed by atoms with van der Waals surface area (Å²) in [6.45, 7) is 3.18. The molecule has 2 fully saturated rings. The number of piperazine rings is 1. The quantitative estimate of drug-likeness (QED) is 0.549. The van der Waals surface area contributed by atoms with Gasteiger partial charge in [-0.15, -0.1) is 0 Å². The molecule has 172 valence electrons. The first-order chi connectivity index (χ1) is 16.5. The standard InChI is InChI=1S/C28H26ClN3O2/c1-30-13-15-31(16-14-30)26(33)20-5-4-6-22(17-20)32-25-8-3-2-7-23(25)28(27(32)34)18-24(28)19-9-11-21(29)12-10-19/h2-12,17,24H,13-16,18H2,1H3/t24?,28-/m1/s1. The maximum Gasteiger partial charge on any atom is 0.254 e. The van der Waals surface area contributed by atoms with Crippen molar-refractivity contribution in [1.29, 1.82) is 0 Å². The Balaban J connectivity index is 1.34. The van der Waals surface area contributed by atoms with E-state index in [2.05, 4.69) is 18.0 Å². The van der Waals surface area contributed by atoms with Crippen molar-refractivity contribution in [2.45, 2.75) is 17.8 Å². The number of carbonyl (C=O) groups is 2. The second-order valence-corrected chi connectivity index (χ2v) is 10.0. The molecule has 2 heterocycles. The van der Waals surface area contributed by atoms with Gasteiger partial charge in [-0.05, 0) is 61.0 Å². The molecule has 0 radical (unpaired) electrons. The number of para-hydroxylation sites is 1. The minimum absolute atomic E-state index is 0.0232. The van der Waals surface area contributed by atoms with Crippen LogP contribution in [0.2, 0.25) is 5.02 Å². The highest BCUT2D eigenvalue weighted by Gasteiger charge is 2.67. The van der Waals surface area contributed by atoms with Crippen LogP contribution in [0.5, 0.6) is 0 Å².